The molecule has 0 saturated heterocycles. The molecule has 11 heavy (non-hydrogen) atoms. The Bertz CT molecular complexity index is 141. The van der Waals surface area contributed by atoms with E-state index in [1.54, 1.807) is 0 Å². The second kappa shape index (κ2) is 3.90. The number of hydrogen-bond acceptors (Lipinski definition) is 1. The van der Waals surface area contributed by atoms with Gasteiger partial charge in [0.05, 0.1) is 0 Å². The van der Waals surface area contributed by atoms with E-state index in [9.17, 15) is 0 Å². The van der Waals surface area contributed by atoms with Crippen molar-refractivity contribution in [3.05, 3.63) is 0 Å². The Hall–Kier alpha value is -0.310. The molecule has 0 aliphatic heterocycles. The molecule has 0 aromatic rings. The summed E-state index contributed by atoms with van der Waals surface area (Å²) < 4.78 is 0. The Labute approximate surface area is 73.7 Å². The lowest BCUT2D eigenvalue weighted by Crippen LogP contribution is -2.41. The smallest absolute Gasteiger partial charge is 0.166 e. The van der Waals surface area contributed by atoms with E-state index in [0.29, 0.717) is 11.2 Å². The topological polar surface area (TPSA) is 29.3 Å². The van der Waals surface area contributed by atoms with Crippen LogP contribution in [-0.4, -0.2) is 22.6 Å². The third kappa shape index (κ3) is 2.06. The fraction of sp³-hybridized carbons (Fsp3) is 0.875. The standard InChI is InChI=1S/C8H16N2S/c1-2-10(8(9)11)7-5-3-4-6-7/h7H,2-6H2,1H3,(H2,9,11). The van der Waals surface area contributed by atoms with Crippen molar-refractivity contribution in [2.75, 3.05) is 6.54 Å². The zero-order chi connectivity index (χ0) is 8.27. The quantitative estimate of drug-likeness (QED) is 0.640. The number of thiocarbonyl (C=S) groups is 1. The summed E-state index contributed by atoms with van der Waals surface area (Å²) >= 11 is 4.96. The molecule has 0 unspecified atom stereocenters. The van der Waals surface area contributed by atoms with Gasteiger partial charge < -0.3 is 10.6 Å². The Morgan fingerprint density at radius 1 is 1.55 bits per heavy atom. The van der Waals surface area contributed by atoms with Crippen molar-refractivity contribution in [1.29, 1.82) is 0 Å². The minimum atomic E-state index is 0.569. The van der Waals surface area contributed by atoms with Gasteiger partial charge in [0, 0.05) is 12.6 Å². The lowest BCUT2D eigenvalue weighted by molar-refractivity contribution is 0.331. The lowest BCUT2D eigenvalue weighted by Gasteiger charge is -2.27. The van der Waals surface area contributed by atoms with Gasteiger partial charge in [0.25, 0.3) is 0 Å². The van der Waals surface area contributed by atoms with E-state index in [1.807, 2.05) is 0 Å². The summed E-state index contributed by atoms with van der Waals surface area (Å²) in [6, 6.07) is 0.637. The van der Waals surface area contributed by atoms with Gasteiger partial charge >= 0.3 is 0 Å². The van der Waals surface area contributed by atoms with E-state index in [1.165, 1.54) is 25.7 Å². The molecular weight excluding hydrogens is 156 g/mol. The maximum atomic E-state index is 5.58. The summed E-state index contributed by atoms with van der Waals surface area (Å²) in [5.74, 6) is 0. The molecule has 0 aromatic heterocycles. The van der Waals surface area contributed by atoms with Crippen LogP contribution >= 0.6 is 12.2 Å². The summed E-state index contributed by atoms with van der Waals surface area (Å²) in [4.78, 5) is 2.14. The van der Waals surface area contributed by atoms with Crippen molar-refractivity contribution in [3.8, 4) is 0 Å². The van der Waals surface area contributed by atoms with Crippen molar-refractivity contribution < 1.29 is 0 Å². The Balaban J connectivity index is 2.46. The summed E-state index contributed by atoms with van der Waals surface area (Å²) in [6.07, 6.45) is 5.21. The molecular formula is C8H16N2S. The molecule has 0 heterocycles. The highest BCUT2D eigenvalue weighted by Gasteiger charge is 2.21. The van der Waals surface area contributed by atoms with Crippen LogP contribution in [0.3, 0.4) is 0 Å². The third-order valence-electron chi connectivity index (χ3n) is 2.39. The summed E-state index contributed by atoms with van der Waals surface area (Å²) in [5.41, 5.74) is 5.58. The van der Waals surface area contributed by atoms with Crippen molar-refractivity contribution in [2.24, 2.45) is 5.73 Å². The second-order valence-corrected chi connectivity index (χ2v) is 3.48. The van der Waals surface area contributed by atoms with E-state index < -0.39 is 0 Å². The van der Waals surface area contributed by atoms with Gasteiger partial charge in [0.2, 0.25) is 0 Å². The van der Waals surface area contributed by atoms with Gasteiger partial charge in [0.1, 0.15) is 0 Å². The van der Waals surface area contributed by atoms with Gasteiger partial charge in [-0.1, -0.05) is 12.8 Å². The van der Waals surface area contributed by atoms with Crippen LogP contribution in [0.25, 0.3) is 0 Å². The SMILES string of the molecule is CCN(C(N)=S)C1CCCC1. The molecule has 0 spiro atoms. The Morgan fingerprint density at radius 3 is 2.45 bits per heavy atom. The average Bonchev–Trinajstić information content (AvgIpc) is 2.40. The molecule has 0 aromatic carbocycles. The van der Waals surface area contributed by atoms with Gasteiger partial charge in [-0.25, -0.2) is 0 Å². The first kappa shape index (κ1) is 8.78. The lowest BCUT2D eigenvalue weighted by atomic mass is 10.2. The van der Waals surface area contributed by atoms with Crippen molar-refractivity contribution in [2.45, 2.75) is 38.6 Å². The first-order chi connectivity index (χ1) is 5.25. The average molecular weight is 172 g/mol. The van der Waals surface area contributed by atoms with Gasteiger partial charge in [-0.3, -0.25) is 0 Å². The molecule has 64 valence electrons. The van der Waals surface area contributed by atoms with E-state index in [4.69, 9.17) is 18.0 Å². The van der Waals surface area contributed by atoms with Crippen LogP contribution in [0.2, 0.25) is 0 Å². The van der Waals surface area contributed by atoms with E-state index in [-0.39, 0.29) is 0 Å². The van der Waals surface area contributed by atoms with Crippen molar-refractivity contribution in [1.82, 2.24) is 4.90 Å². The number of rotatable bonds is 2. The molecule has 1 aliphatic carbocycles. The molecule has 1 fully saturated rings. The van der Waals surface area contributed by atoms with Gasteiger partial charge in [-0.2, -0.15) is 0 Å². The Kier molecular flexibility index (Phi) is 3.12. The molecule has 2 N–H and O–H groups in total. The van der Waals surface area contributed by atoms with Crippen molar-refractivity contribution >= 4 is 17.3 Å². The molecule has 2 nitrogen and oxygen atoms in total. The Morgan fingerprint density at radius 2 is 2.09 bits per heavy atom. The normalized spacial score (nSPS) is 18.6. The first-order valence-corrected chi connectivity index (χ1v) is 4.72. The molecule has 0 amide bonds. The fourth-order valence-corrected chi connectivity index (χ4v) is 2.09. The van der Waals surface area contributed by atoms with Gasteiger partial charge in [-0.15, -0.1) is 0 Å². The highest BCUT2D eigenvalue weighted by Crippen LogP contribution is 2.22. The maximum Gasteiger partial charge on any atom is 0.166 e. The van der Waals surface area contributed by atoms with Crippen LogP contribution in [0.5, 0.6) is 0 Å². The van der Waals surface area contributed by atoms with Crippen LogP contribution in [0, 0.1) is 0 Å². The highest BCUT2D eigenvalue weighted by atomic mass is 32.1. The fourth-order valence-electron chi connectivity index (χ4n) is 1.81. The summed E-state index contributed by atoms with van der Waals surface area (Å²) in [7, 11) is 0. The molecule has 1 saturated carbocycles. The predicted octanol–water partition coefficient (Wildman–Crippen LogP) is 1.49. The van der Waals surface area contributed by atoms with E-state index in [0.717, 1.165) is 6.54 Å². The second-order valence-electron chi connectivity index (χ2n) is 3.06. The molecule has 0 atom stereocenters. The highest BCUT2D eigenvalue weighted by molar-refractivity contribution is 7.80. The minimum absolute atomic E-state index is 0.569. The third-order valence-corrected chi connectivity index (χ3v) is 2.62. The molecule has 0 bridgehead atoms. The van der Waals surface area contributed by atoms with Crippen LogP contribution in [0.1, 0.15) is 32.6 Å². The van der Waals surface area contributed by atoms with Crippen LogP contribution in [0.4, 0.5) is 0 Å². The van der Waals surface area contributed by atoms with Crippen LogP contribution < -0.4 is 5.73 Å². The predicted molar refractivity (Wildman–Crippen MR) is 51.4 cm³/mol. The van der Waals surface area contributed by atoms with E-state index >= 15 is 0 Å². The van der Waals surface area contributed by atoms with Crippen LogP contribution in [-0.2, 0) is 0 Å². The number of hydrogen-bond donors (Lipinski definition) is 1. The molecule has 1 rings (SSSR count). The molecule has 1 aliphatic rings. The molecule has 3 heteroatoms. The van der Waals surface area contributed by atoms with Gasteiger partial charge in [0.15, 0.2) is 5.11 Å². The van der Waals surface area contributed by atoms with Gasteiger partial charge in [-0.05, 0) is 32.0 Å². The summed E-state index contributed by atoms with van der Waals surface area (Å²) in [5, 5.41) is 0.569. The number of nitrogens with two attached hydrogens (primary N) is 1. The monoisotopic (exact) mass is 172 g/mol. The zero-order valence-electron chi connectivity index (χ0n) is 7.05. The largest absolute Gasteiger partial charge is 0.376 e. The van der Waals surface area contributed by atoms with Crippen molar-refractivity contribution in [3.63, 3.8) is 0 Å². The zero-order valence-corrected chi connectivity index (χ0v) is 7.86. The maximum absolute atomic E-state index is 5.58. The minimum Gasteiger partial charge on any atom is -0.376 e. The summed E-state index contributed by atoms with van der Waals surface area (Å²) in [6.45, 7) is 3.07. The molecule has 0 radical (unpaired) electrons. The van der Waals surface area contributed by atoms with Crippen LogP contribution in [0.15, 0.2) is 0 Å². The first-order valence-electron chi connectivity index (χ1n) is 4.31. The van der Waals surface area contributed by atoms with E-state index in [2.05, 4.69) is 11.8 Å². The number of nitrogens with zero attached hydrogens (tertiary/aromatic N) is 1.